The summed E-state index contributed by atoms with van der Waals surface area (Å²) in [6.07, 6.45) is 1.24. The Kier molecular flexibility index (Phi) is 4.62. The van der Waals surface area contributed by atoms with E-state index in [9.17, 15) is 8.42 Å². The monoisotopic (exact) mass is 271 g/mol. The van der Waals surface area contributed by atoms with E-state index in [0.29, 0.717) is 0 Å². The summed E-state index contributed by atoms with van der Waals surface area (Å²) < 4.78 is 27.8. The minimum Gasteiger partial charge on any atom is -0.496 e. The zero-order valence-corrected chi connectivity index (χ0v) is 12.4. The molecule has 1 N–H and O–H groups in total. The number of anilines is 1. The molecule has 18 heavy (non-hydrogen) atoms. The highest BCUT2D eigenvalue weighted by Gasteiger charge is 2.13. The average Bonchev–Trinajstić information content (AvgIpc) is 2.20. The maximum atomic E-state index is 11.2. The van der Waals surface area contributed by atoms with Crippen LogP contribution in [-0.2, 0) is 9.84 Å². The molecule has 0 fully saturated rings. The molecule has 0 amide bonds. The Hall–Kier alpha value is -1.23. The summed E-state index contributed by atoms with van der Waals surface area (Å²) in [6, 6.07) is 3.78. The van der Waals surface area contributed by atoms with Gasteiger partial charge in [0.25, 0.3) is 0 Å². The Balaban J connectivity index is 2.92. The molecular formula is C13H21NO3S. The number of rotatable bonds is 5. The van der Waals surface area contributed by atoms with Crippen molar-refractivity contribution in [2.45, 2.75) is 26.8 Å². The molecule has 1 rings (SSSR count). The second-order valence-corrected chi connectivity index (χ2v) is 6.91. The molecule has 0 radical (unpaired) electrons. The third kappa shape index (κ3) is 3.91. The van der Waals surface area contributed by atoms with Crippen LogP contribution in [0.25, 0.3) is 0 Å². The molecule has 0 heterocycles. The predicted molar refractivity (Wildman–Crippen MR) is 75.3 cm³/mol. The van der Waals surface area contributed by atoms with Gasteiger partial charge in [0.05, 0.1) is 12.9 Å². The van der Waals surface area contributed by atoms with Gasteiger partial charge in [-0.05, 0) is 32.4 Å². The number of hydrogen-bond acceptors (Lipinski definition) is 4. The van der Waals surface area contributed by atoms with Crippen LogP contribution in [-0.4, -0.2) is 33.6 Å². The van der Waals surface area contributed by atoms with Crippen molar-refractivity contribution >= 4 is 15.5 Å². The van der Waals surface area contributed by atoms with Crippen LogP contribution in [0.5, 0.6) is 5.75 Å². The van der Waals surface area contributed by atoms with Gasteiger partial charge >= 0.3 is 0 Å². The third-order valence-electron chi connectivity index (χ3n) is 2.76. The molecule has 1 atom stereocenters. The van der Waals surface area contributed by atoms with Crippen molar-refractivity contribution in [2.24, 2.45) is 0 Å². The summed E-state index contributed by atoms with van der Waals surface area (Å²) in [6.45, 7) is 5.80. The van der Waals surface area contributed by atoms with Crippen LogP contribution in [0.1, 0.15) is 18.1 Å². The molecule has 102 valence electrons. The van der Waals surface area contributed by atoms with Crippen LogP contribution in [0.15, 0.2) is 12.1 Å². The van der Waals surface area contributed by atoms with E-state index in [1.807, 2.05) is 32.9 Å². The van der Waals surface area contributed by atoms with Gasteiger partial charge in [0.15, 0.2) is 0 Å². The van der Waals surface area contributed by atoms with Crippen molar-refractivity contribution in [3.63, 3.8) is 0 Å². The predicted octanol–water partition coefficient (Wildman–Crippen LogP) is 2.16. The summed E-state index contributed by atoms with van der Waals surface area (Å²) in [4.78, 5) is 0. The molecule has 1 aromatic rings. The standard InChI is InChI=1S/C13H21NO3S/c1-9-6-7-12(11(3)13(9)17-4)14-10(2)8-18(5,15)16/h6-7,10,14H,8H2,1-5H3. The van der Waals surface area contributed by atoms with Gasteiger partial charge in [-0.25, -0.2) is 8.42 Å². The van der Waals surface area contributed by atoms with Crippen LogP contribution in [0, 0.1) is 13.8 Å². The zero-order valence-electron chi connectivity index (χ0n) is 11.6. The van der Waals surface area contributed by atoms with E-state index in [1.54, 1.807) is 7.11 Å². The Bertz CT molecular complexity index is 523. The number of methoxy groups -OCH3 is 1. The maximum absolute atomic E-state index is 11.2. The largest absolute Gasteiger partial charge is 0.496 e. The van der Waals surface area contributed by atoms with Crippen molar-refractivity contribution in [3.8, 4) is 5.75 Å². The van der Waals surface area contributed by atoms with Crippen molar-refractivity contribution in [3.05, 3.63) is 23.3 Å². The Morgan fingerprint density at radius 2 is 1.94 bits per heavy atom. The van der Waals surface area contributed by atoms with Crippen molar-refractivity contribution in [1.29, 1.82) is 0 Å². The maximum Gasteiger partial charge on any atom is 0.149 e. The van der Waals surface area contributed by atoms with E-state index >= 15 is 0 Å². The van der Waals surface area contributed by atoms with E-state index in [1.165, 1.54) is 6.26 Å². The summed E-state index contributed by atoms with van der Waals surface area (Å²) in [5.74, 6) is 0.953. The first-order valence-electron chi connectivity index (χ1n) is 5.83. The van der Waals surface area contributed by atoms with Gasteiger partial charge in [0.1, 0.15) is 15.6 Å². The van der Waals surface area contributed by atoms with Crippen LogP contribution < -0.4 is 10.1 Å². The summed E-state index contributed by atoms with van der Waals surface area (Å²) in [5.41, 5.74) is 2.97. The van der Waals surface area contributed by atoms with Gasteiger partial charge in [0, 0.05) is 23.5 Å². The SMILES string of the molecule is COc1c(C)ccc(NC(C)CS(C)(=O)=O)c1C. The highest BCUT2D eigenvalue weighted by Crippen LogP contribution is 2.29. The molecule has 0 aliphatic carbocycles. The summed E-state index contributed by atoms with van der Waals surface area (Å²) >= 11 is 0. The molecule has 1 unspecified atom stereocenters. The molecular weight excluding hydrogens is 250 g/mol. The van der Waals surface area contributed by atoms with Crippen molar-refractivity contribution in [1.82, 2.24) is 0 Å². The van der Waals surface area contributed by atoms with E-state index in [2.05, 4.69) is 5.32 Å². The molecule has 0 aliphatic heterocycles. The molecule has 0 aromatic heterocycles. The van der Waals surface area contributed by atoms with E-state index in [-0.39, 0.29) is 11.8 Å². The van der Waals surface area contributed by atoms with Gasteiger partial charge in [0.2, 0.25) is 0 Å². The number of ether oxygens (including phenoxy) is 1. The third-order valence-corrected chi connectivity index (χ3v) is 3.87. The topological polar surface area (TPSA) is 55.4 Å². The molecule has 4 nitrogen and oxygen atoms in total. The molecule has 1 aromatic carbocycles. The minimum absolute atomic E-state index is 0.114. The zero-order chi connectivity index (χ0) is 13.9. The lowest BCUT2D eigenvalue weighted by Crippen LogP contribution is -2.25. The highest BCUT2D eigenvalue weighted by atomic mass is 32.2. The first-order chi connectivity index (χ1) is 8.24. The highest BCUT2D eigenvalue weighted by molar-refractivity contribution is 7.90. The fraction of sp³-hybridized carbons (Fsp3) is 0.538. The lowest BCUT2D eigenvalue weighted by Gasteiger charge is -2.18. The quantitative estimate of drug-likeness (QED) is 0.891. The van der Waals surface area contributed by atoms with E-state index < -0.39 is 9.84 Å². The smallest absolute Gasteiger partial charge is 0.149 e. The molecule has 5 heteroatoms. The lowest BCUT2D eigenvalue weighted by molar-refractivity contribution is 0.409. The van der Waals surface area contributed by atoms with Crippen molar-refractivity contribution in [2.75, 3.05) is 24.4 Å². The van der Waals surface area contributed by atoms with Crippen LogP contribution in [0.3, 0.4) is 0 Å². The van der Waals surface area contributed by atoms with Gasteiger partial charge < -0.3 is 10.1 Å². The summed E-state index contributed by atoms with van der Waals surface area (Å²) in [7, 11) is -1.34. The number of benzene rings is 1. The number of sulfone groups is 1. The Labute approximate surface area is 109 Å². The Morgan fingerprint density at radius 3 is 2.44 bits per heavy atom. The van der Waals surface area contributed by atoms with Crippen LogP contribution >= 0.6 is 0 Å². The average molecular weight is 271 g/mol. The first kappa shape index (κ1) is 14.8. The fourth-order valence-corrected chi connectivity index (χ4v) is 3.05. The molecule has 0 saturated carbocycles. The van der Waals surface area contributed by atoms with Crippen LogP contribution in [0.2, 0.25) is 0 Å². The number of aryl methyl sites for hydroxylation is 1. The van der Waals surface area contributed by atoms with Gasteiger partial charge in [-0.3, -0.25) is 0 Å². The first-order valence-corrected chi connectivity index (χ1v) is 7.89. The van der Waals surface area contributed by atoms with Gasteiger partial charge in [-0.15, -0.1) is 0 Å². The molecule has 0 bridgehead atoms. The second kappa shape index (κ2) is 5.61. The molecule has 0 saturated heterocycles. The number of hydrogen-bond donors (Lipinski definition) is 1. The van der Waals surface area contributed by atoms with Gasteiger partial charge in [-0.2, -0.15) is 0 Å². The molecule has 0 aliphatic rings. The fourth-order valence-electron chi connectivity index (χ4n) is 2.06. The summed E-state index contributed by atoms with van der Waals surface area (Å²) in [5, 5.41) is 3.21. The van der Waals surface area contributed by atoms with E-state index in [0.717, 1.165) is 22.6 Å². The minimum atomic E-state index is -2.97. The number of nitrogens with one attached hydrogen (secondary N) is 1. The normalized spacial score (nSPS) is 13.2. The molecule has 0 spiro atoms. The Morgan fingerprint density at radius 1 is 1.33 bits per heavy atom. The second-order valence-electron chi connectivity index (χ2n) is 4.73. The van der Waals surface area contributed by atoms with Crippen LogP contribution in [0.4, 0.5) is 5.69 Å². The lowest BCUT2D eigenvalue weighted by atomic mass is 10.1. The van der Waals surface area contributed by atoms with E-state index in [4.69, 9.17) is 4.74 Å². The van der Waals surface area contributed by atoms with Gasteiger partial charge in [-0.1, -0.05) is 6.07 Å². The van der Waals surface area contributed by atoms with Crippen molar-refractivity contribution < 1.29 is 13.2 Å².